The molecule has 11 heteroatoms. The highest BCUT2D eigenvalue weighted by Gasteiger charge is 2.39. The Morgan fingerprint density at radius 2 is 1.88 bits per heavy atom. The Labute approximate surface area is 126 Å². The van der Waals surface area contributed by atoms with Crippen LogP contribution in [0.4, 0.5) is 4.79 Å². The van der Waals surface area contributed by atoms with Crippen molar-refractivity contribution >= 4 is 87.9 Å². The maximum Gasteiger partial charge on any atom is 0.416 e. The van der Waals surface area contributed by atoms with Crippen LogP contribution < -0.4 is 5.32 Å². The zero-order valence-corrected chi connectivity index (χ0v) is 12.2. The number of hydrogen-bond acceptors (Lipinski definition) is 4. The van der Waals surface area contributed by atoms with Crippen molar-refractivity contribution in [1.29, 1.82) is 0 Å². The van der Waals surface area contributed by atoms with E-state index < -0.39 is 19.9 Å². The van der Waals surface area contributed by atoms with Crippen molar-refractivity contribution in [3.05, 3.63) is 0 Å². The Hall–Kier alpha value is 0.350. The number of guanidine groups is 1. The van der Waals surface area contributed by atoms with Crippen LogP contribution in [0.1, 0.15) is 0 Å². The number of nitrogens with one attached hydrogen (secondary N) is 1. The molecule has 0 aliphatic carbocycles. The first-order valence-corrected chi connectivity index (χ1v) is 6.09. The number of ether oxygens (including phenoxy) is 1. The zero-order chi connectivity index (χ0) is 13.3. The molecule has 17 heavy (non-hydrogen) atoms. The lowest BCUT2D eigenvalue weighted by molar-refractivity contribution is 0.101. The van der Waals surface area contributed by atoms with Crippen LogP contribution in [-0.2, 0) is 4.74 Å². The summed E-state index contributed by atoms with van der Waals surface area (Å²) in [5, 5.41) is 2.13. The molecule has 0 radical (unpaired) electrons. The minimum atomic E-state index is -1.92. The number of rotatable bonds is 0. The lowest BCUT2D eigenvalue weighted by Crippen LogP contribution is -2.43. The molecule has 0 bridgehead atoms. The van der Waals surface area contributed by atoms with Gasteiger partial charge in [-0.3, -0.25) is 5.32 Å². The third kappa shape index (κ3) is 5.68. The monoisotopic (exact) mass is 359 g/mol. The van der Waals surface area contributed by atoms with Crippen LogP contribution in [0.25, 0.3) is 0 Å². The smallest absolute Gasteiger partial charge is 0.416 e. The normalized spacial score (nSPS) is 22.1. The van der Waals surface area contributed by atoms with Gasteiger partial charge in [0.2, 0.25) is 19.8 Å². The van der Waals surface area contributed by atoms with Gasteiger partial charge in [0.15, 0.2) is 0 Å². The van der Waals surface area contributed by atoms with Crippen LogP contribution in [0.15, 0.2) is 9.98 Å². The lowest BCUT2D eigenvalue weighted by Gasteiger charge is -2.24. The van der Waals surface area contributed by atoms with Gasteiger partial charge in [-0.1, -0.05) is 69.6 Å². The van der Waals surface area contributed by atoms with E-state index in [0.29, 0.717) is 0 Å². The fraction of sp³-hybridized carbons (Fsp3) is 0.500. The fourth-order valence-electron chi connectivity index (χ4n) is 0.732. The number of nitrogens with zero attached hydrogens (tertiary/aromatic N) is 2. The number of carbonyl (C=O) groups excluding carboxylic acids is 1. The van der Waals surface area contributed by atoms with Gasteiger partial charge in [0.1, 0.15) is 0 Å². The van der Waals surface area contributed by atoms with Crippen molar-refractivity contribution in [2.45, 2.75) is 13.8 Å². The molecule has 1 heterocycles. The standard InChI is InChI=1S/C6H3Cl6N3O2/c7-5(8,9)1-13-3-14-2(6(10,11)12)17-4(16)15-3/h1-2H,(H,14,15,16)/b13-1-. The summed E-state index contributed by atoms with van der Waals surface area (Å²) in [4.78, 5) is 18.4. The molecule has 96 valence electrons. The van der Waals surface area contributed by atoms with E-state index in [1.165, 1.54) is 0 Å². The van der Waals surface area contributed by atoms with Crippen LogP contribution in [0.2, 0.25) is 0 Å². The van der Waals surface area contributed by atoms with Crippen LogP contribution in [-0.4, -0.2) is 32.1 Å². The molecule has 1 N–H and O–H groups in total. The lowest BCUT2D eigenvalue weighted by atomic mass is 10.6. The summed E-state index contributed by atoms with van der Waals surface area (Å²) in [5.74, 6) is -0.191. The minimum absolute atomic E-state index is 0.191. The van der Waals surface area contributed by atoms with Gasteiger partial charge >= 0.3 is 6.09 Å². The predicted molar refractivity (Wildman–Crippen MR) is 69.9 cm³/mol. The first kappa shape index (κ1) is 15.4. The van der Waals surface area contributed by atoms with Crippen molar-refractivity contribution in [2.24, 2.45) is 9.98 Å². The van der Waals surface area contributed by atoms with Gasteiger partial charge in [-0.25, -0.2) is 14.8 Å². The molecular weight excluding hydrogens is 359 g/mol. The molecule has 0 saturated carbocycles. The maximum absolute atomic E-state index is 11.1. The van der Waals surface area contributed by atoms with Gasteiger partial charge < -0.3 is 4.74 Å². The van der Waals surface area contributed by atoms with E-state index in [2.05, 4.69) is 20.0 Å². The molecular formula is C6H3Cl6N3O2. The summed E-state index contributed by atoms with van der Waals surface area (Å²) in [6, 6.07) is 0. The molecule has 1 unspecified atom stereocenters. The number of halogens is 6. The molecule has 0 aromatic carbocycles. The van der Waals surface area contributed by atoms with Crippen LogP contribution >= 0.6 is 69.6 Å². The summed E-state index contributed by atoms with van der Waals surface area (Å²) in [6.07, 6.45) is -1.28. The highest BCUT2D eigenvalue weighted by molar-refractivity contribution is 6.74. The summed E-state index contributed by atoms with van der Waals surface area (Å²) in [6.45, 7) is 0. The Bertz CT molecular complexity index is 371. The molecule has 0 spiro atoms. The van der Waals surface area contributed by atoms with Crippen LogP contribution in [0.3, 0.4) is 0 Å². The van der Waals surface area contributed by atoms with Crippen molar-refractivity contribution in [1.82, 2.24) is 5.32 Å². The van der Waals surface area contributed by atoms with E-state index in [1.807, 2.05) is 0 Å². The molecule has 1 rings (SSSR count). The Morgan fingerprint density at radius 3 is 2.35 bits per heavy atom. The van der Waals surface area contributed by atoms with Gasteiger partial charge in [0.25, 0.3) is 0 Å². The molecule has 1 amide bonds. The molecule has 1 aliphatic rings. The van der Waals surface area contributed by atoms with Crippen molar-refractivity contribution in [3.8, 4) is 0 Å². The molecule has 1 aliphatic heterocycles. The summed E-state index contributed by atoms with van der Waals surface area (Å²) < 4.78 is 0.953. The number of carbonyl (C=O) groups is 1. The average molecular weight is 362 g/mol. The molecule has 5 nitrogen and oxygen atoms in total. The van der Waals surface area contributed by atoms with E-state index in [4.69, 9.17) is 69.6 Å². The SMILES string of the molecule is O=C1NC(/N=C\C(Cl)(Cl)Cl)=NC(C(Cl)(Cl)Cl)O1. The van der Waals surface area contributed by atoms with E-state index >= 15 is 0 Å². The van der Waals surface area contributed by atoms with Gasteiger partial charge in [-0.2, -0.15) is 0 Å². The number of hydrogen-bond donors (Lipinski definition) is 1. The maximum atomic E-state index is 11.1. The third-order valence-corrected chi connectivity index (χ3v) is 2.14. The van der Waals surface area contributed by atoms with Crippen molar-refractivity contribution < 1.29 is 9.53 Å². The van der Waals surface area contributed by atoms with Crippen molar-refractivity contribution in [3.63, 3.8) is 0 Å². The second-order valence-corrected chi connectivity index (χ2v) is 7.41. The number of alkyl halides is 6. The topological polar surface area (TPSA) is 63.0 Å². The van der Waals surface area contributed by atoms with Crippen molar-refractivity contribution in [2.75, 3.05) is 0 Å². The number of amides is 1. The Kier molecular flexibility index (Phi) is 5.03. The molecule has 0 fully saturated rings. The van der Waals surface area contributed by atoms with Gasteiger partial charge in [-0.15, -0.1) is 0 Å². The first-order valence-electron chi connectivity index (χ1n) is 3.82. The second-order valence-electron chi connectivity index (χ2n) is 2.68. The average Bonchev–Trinajstić information content (AvgIpc) is 2.11. The predicted octanol–water partition coefficient (Wildman–Crippen LogP) is 3.22. The minimum Gasteiger partial charge on any atom is -0.418 e. The fourth-order valence-corrected chi connectivity index (χ4v) is 1.16. The largest absolute Gasteiger partial charge is 0.418 e. The number of cyclic esters (lactones) is 1. The third-order valence-electron chi connectivity index (χ3n) is 1.29. The molecule has 1 atom stereocenters. The van der Waals surface area contributed by atoms with Crippen LogP contribution in [0.5, 0.6) is 0 Å². The van der Waals surface area contributed by atoms with Gasteiger partial charge in [0.05, 0.1) is 6.21 Å². The summed E-state index contributed by atoms with van der Waals surface area (Å²) in [5.41, 5.74) is 0. The molecule has 0 aromatic rings. The quantitative estimate of drug-likeness (QED) is 0.532. The van der Waals surface area contributed by atoms with E-state index in [-0.39, 0.29) is 5.96 Å². The highest BCUT2D eigenvalue weighted by atomic mass is 35.6. The number of alkyl carbamates (subject to hydrolysis) is 1. The van der Waals surface area contributed by atoms with Gasteiger partial charge in [-0.05, 0) is 0 Å². The van der Waals surface area contributed by atoms with E-state index in [1.54, 1.807) is 0 Å². The molecule has 0 saturated heterocycles. The number of aliphatic imine (C=N–C) groups is 2. The van der Waals surface area contributed by atoms with E-state index in [9.17, 15) is 4.79 Å². The Balaban J connectivity index is 2.88. The van der Waals surface area contributed by atoms with Gasteiger partial charge in [0, 0.05) is 0 Å². The Morgan fingerprint density at radius 1 is 1.29 bits per heavy atom. The summed E-state index contributed by atoms with van der Waals surface area (Å²) in [7, 11) is 0. The highest BCUT2D eigenvalue weighted by Crippen LogP contribution is 2.34. The van der Waals surface area contributed by atoms with E-state index in [0.717, 1.165) is 6.21 Å². The first-order chi connectivity index (χ1) is 7.58. The molecule has 0 aromatic heterocycles. The van der Waals surface area contributed by atoms with Crippen LogP contribution in [0, 0.1) is 0 Å². The zero-order valence-electron chi connectivity index (χ0n) is 7.63. The summed E-state index contributed by atoms with van der Waals surface area (Å²) >= 11 is 32.8. The second kappa shape index (κ2) is 5.55.